The molecule has 1 atom stereocenters. The number of hydrazine groups is 1. The van der Waals surface area contributed by atoms with Crippen LogP contribution in [0, 0.1) is 0 Å². The van der Waals surface area contributed by atoms with E-state index in [9.17, 15) is 4.79 Å². The number of aromatic nitrogens is 1. The van der Waals surface area contributed by atoms with Crippen LogP contribution in [0.5, 0.6) is 0 Å². The van der Waals surface area contributed by atoms with Crippen LogP contribution in [0.1, 0.15) is 10.6 Å². The number of nitrogens with zero attached hydrogens (tertiary/aromatic N) is 3. The third kappa shape index (κ3) is 1.41. The van der Waals surface area contributed by atoms with Crippen molar-refractivity contribution >= 4 is 15.8 Å². The smallest absolute Gasteiger partial charge is 0.437 e. The monoisotopic (exact) mass is 214 g/mol. The van der Waals surface area contributed by atoms with E-state index in [1.54, 1.807) is 5.51 Å². The summed E-state index contributed by atoms with van der Waals surface area (Å²) in [5.41, 5.74) is 2.48. The lowest BCUT2D eigenvalue weighted by Crippen LogP contribution is -2.39. The van der Waals surface area contributed by atoms with E-state index in [0.29, 0.717) is 13.1 Å². The minimum atomic E-state index is -0.795. The lowest BCUT2D eigenvalue weighted by Gasteiger charge is -2.29. The maximum atomic E-state index is 10.9. The maximum Gasteiger partial charge on any atom is 0.553 e. The van der Waals surface area contributed by atoms with Gasteiger partial charge in [-0.3, -0.25) is 0 Å². The van der Waals surface area contributed by atoms with Crippen LogP contribution in [-0.2, 0) is 13.1 Å². The normalized spacial score (nSPS) is 19.4. The molecule has 0 fully saturated rings. The zero-order valence-corrected chi connectivity index (χ0v) is 8.91. The number of hydrogen-bond donors (Lipinski definition) is 1. The highest BCUT2D eigenvalue weighted by molar-refractivity contribution is 7.49. The van der Waals surface area contributed by atoms with E-state index in [4.69, 9.17) is 5.11 Å². The van der Waals surface area contributed by atoms with Gasteiger partial charge in [0, 0.05) is 14.1 Å². The predicted molar refractivity (Wildman–Crippen MR) is 53.1 cm³/mol. The number of rotatable bonds is 1. The molecule has 0 saturated carbocycles. The number of carboxylic acid groups (broad SMARTS) is 1. The summed E-state index contributed by atoms with van der Waals surface area (Å²) in [6.07, 6.45) is 0. The van der Waals surface area contributed by atoms with Gasteiger partial charge in [-0.25, -0.2) is 15.0 Å². The Morgan fingerprint density at radius 3 is 2.79 bits per heavy atom. The zero-order chi connectivity index (χ0) is 10.3. The minimum Gasteiger partial charge on any atom is -0.437 e. The molecular weight excluding hydrogens is 202 g/mol. The second kappa shape index (κ2) is 3.30. The molecular formula is C8H12N3O2S+. The molecule has 0 amide bonds. The molecule has 6 heteroatoms. The van der Waals surface area contributed by atoms with Crippen molar-refractivity contribution in [3.63, 3.8) is 0 Å². The van der Waals surface area contributed by atoms with Gasteiger partial charge in [-0.05, 0) is 0 Å². The Morgan fingerprint density at radius 1 is 1.50 bits per heavy atom. The molecule has 0 saturated heterocycles. The molecule has 1 aliphatic heterocycles. The average molecular weight is 214 g/mol. The van der Waals surface area contributed by atoms with Gasteiger partial charge in [0.25, 0.3) is 0 Å². The van der Waals surface area contributed by atoms with Crippen molar-refractivity contribution in [3.8, 4) is 0 Å². The largest absolute Gasteiger partial charge is 0.553 e. The second-order valence-corrected chi connectivity index (χ2v) is 5.07. The van der Waals surface area contributed by atoms with Gasteiger partial charge in [0.2, 0.25) is 10.4 Å². The molecule has 5 nitrogen and oxygen atoms in total. The summed E-state index contributed by atoms with van der Waals surface area (Å²) in [4.78, 5) is 16.0. The molecule has 0 bridgehead atoms. The Bertz CT molecular complexity index is 377. The third-order valence-corrected chi connectivity index (χ3v) is 4.01. The van der Waals surface area contributed by atoms with Gasteiger partial charge in [-0.2, -0.15) is 4.79 Å². The topological polar surface area (TPSA) is 56.7 Å². The van der Waals surface area contributed by atoms with Crippen LogP contribution in [0.4, 0.5) is 4.79 Å². The number of carbonyl (C=O) groups is 1. The lowest BCUT2D eigenvalue weighted by atomic mass is 10.3. The van der Waals surface area contributed by atoms with Gasteiger partial charge in [0.1, 0.15) is 16.2 Å². The van der Waals surface area contributed by atoms with E-state index in [1.165, 1.54) is 0 Å². The first-order chi connectivity index (χ1) is 6.59. The fraction of sp³-hybridized carbons (Fsp3) is 0.500. The van der Waals surface area contributed by atoms with Crippen molar-refractivity contribution in [2.24, 2.45) is 0 Å². The van der Waals surface area contributed by atoms with Gasteiger partial charge < -0.3 is 5.11 Å². The van der Waals surface area contributed by atoms with Crippen molar-refractivity contribution in [1.29, 1.82) is 0 Å². The Hall–Kier alpha value is -0.980. The molecule has 1 aromatic rings. The maximum absolute atomic E-state index is 10.9. The summed E-state index contributed by atoms with van der Waals surface area (Å²) in [7, 11) is 3.12. The SMILES string of the molecule is CN1Cc2nc[s+](C(=O)O)c2CN1C. The molecule has 0 aliphatic carbocycles. The van der Waals surface area contributed by atoms with Crippen molar-refractivity contribution in [3.05, 3.63) is 16.1 Å². The Kier molecular flexibility index (Phi) is 2.26. The van der Waals surface area contributed by atoms with Crippen LogP contribution in [-0.4, -0.2) is 39.5 Å². The zero-order valence-electron chi connectivity index (χ0n) is 8.10. The summed E-state index contributed by atoms with van der Waals surface area (Å²) in [6, 6.07) is 0. The number of fused-ring (bicyclic) bond motifs is 1. The van der Waals surface area contributed by atoms with Gasteiger partial charge in [-0.1, -0.05) is 0 Å². The van der Waals surface area contributed by atoms with Crippen LogP contribution in [0.3, 0.4) is 0 Å². The molecule has 14 heavy (non-hydrogen) atoms. The molecule has 1 unspecified atom stereocenters. The van der Waals surface area contributed by atoms with E-state index in [0.717, 1.165) is 10.6 Å². The van der Waals surface area contributed by atoms with Gasteiger partial charge >= 0.3 is 5.30 Å². The van der Waals surface area contributed by atoms with Gasteiger partial charge in [0.15, 0.2) is 0 Å². The van der Waals surface area contributed by atoms with Crippen LogP contribution < -0.4 is 0 Å². The van der Waals surface area contributed by atoms with E-state index in [1.807, 2.05) is 24.1 Å². The molecule has 1 aliphatic rings. The van der Waals surface area contributed by atoms with Crippen molar-refractivity contribution in [2.75, 3.05) is 14.1 Å². The molecule has 76 valence electrons. The van der Waals surface area contributed by atoms with Gasteiger partial charge in [-0.15, -0.1) is 0 Å². The van der Waals surface area contributed by atoms with Gasteiger partial charge in [0.05, 0.1) is 13.1 Å². The molecule has 0 aromatic carbocycles. The van der Waals surface area contributed by atoms with E-state index in [2.05, 4.69) is 4.98 Å². The lowest BCUT2D eigenvalue weighted by molar-refractivity contribution is -0.00175. The summed E-state index contributed by atoms with van der Waals surface area (Å²) in [5, 5.41) is 12.2. The Morgan fingerprint density at radius 2 is 2.14 bits per heavy atom. The van der Waals surface area contributed by atoms with Crippen LogP contribution in [0.25, 0.3) is 0 Å². The highest BCUT2D eigenvalue weighted by Gasteiger charge is 2.33. The van der Waals surface area contributed by atoms with E-state index in [-0.39, 0.29) is 0 Å². The Labute approximate surface area is 84.5 Å². The Balaban J connectivity index is 2.40. The average Bonchev–Trinajstić information content (AvgIpc) is 2.48. The fourth-order valence-corrected chi connectivity index (χ4v) is 2.84. The molecule has 2 rings (SSSR count). The minimum absolute atomic E-state index is 0.668. The van der Waals surface area contributed by atoms with Crippen LogP contribution in [0.15, 0.2) is 5.51 Å². The first-order valence-corrected chi connectivity index (χ1v) is 5.53. The van der Waals surface area contributed by atoms with Crippen molar-refractivity contribution < 1.29 is 9.90 Å². The predicted octanol–water partition coefficient (Wildman–Crippen LogP) is 1.15. The highest BCUT2D eigenvalue weighted by Crippen LogP contribution is 2.31. The molecule has 0 spiro atoms. The second-order valence-electron chi connectivity index (χ2n) is 3.34. The first-order valence-electron chi connectivity index (χ1n) is 4.24. The first kappa shape index (κ1) is 9.57. The molecule has 2 heterocycles. The summed E-state index contributed by atoms with van der Waals surface area (Å²) >= 11 is 0. The van der Waals surface area contributed by atoms with Crippen molar-refractivity contribution in [1.82, 2.24) is 15.0 Å². The molecule has 0 radical (unpaired) electrons. The molecule has 1 aromatic heterocycles. The summed E-state index contributed by atoms with van der Waals surface area (Å²) in [5.74, 6) is 0. The summed E-state index contributed by atoms with van der Waals surface area (Å²) < 4.78 is 0. The fourth-order valence-electron chi connectivity index (χ4n) is 1.49. The number of thiazole rings is 1. The number of hydrogen-bond acceptors (Lipinski definition) is 4. The standard InChI is InChI=1S/C8H11N3O2S/c1-10-3-6-7(4-11(10)2)14(5-9-6)8(12)13/h5H,3-4H2,1-2H3/p+1. The molecule has 1 N–H and O–H groups in total. The van der Waals surface area contributed by atoms with Crippen LogP contribution in [0.2, 0.25) is 0 Å². The highest BCUT2D eigenvalue weighted by atomic mass is 32.2. The summed E-state index contributed by atoms with van der Waals surface area (Å²) in [6.45, 7) is 1.38. The van der Waals surface area contributed by atoms with E-state index >= 15 is 0 Å². The van der Waals surface area contributed by atoms with E-state index < -0.39 is 15.8 Å². The van der Waals surface area contributed by atoms with Crippen molar-refractivity contribution in [2.45, 2.75) is 13.1 Å². The van der Waals surface area contributed by atoms with Crippen LogP contribution >= 0.6 is 10.5 Å². The third-order valence-electron chi connectivity index (χ3n) is 2.42. The quantitative estimate of drug-likeness (QED) is 0.711.